The number of amides is 1. The number of allylic oxidation sites excluding steroid dienone is 6. The van der Waals surface area contributed by atoms with E-state index in [1.807, 2.05) is 13.0 Å². The number of nitrogens with one attached hydrogen (secondary N) is 1. The topological polar surface area (TPSA) is 89.8 Å². The largest absolute Gasteiger partial charge is 0.394 e. The van der Waals surface area contributed by atoms with Crippen molar-refractivity contribution in [3.05, 3.63) is 36.5 Å². The first-order chi connectivity index (χ1) is 19.1. The monoisotopic (exact) mass is 549 g/mol. The summed E-state index contributed by atoms with van der Waals surface area (Å²) in [7, 11) is 0. The van der Waals surface area contributed by atoms with Crippen LogP contribution in [0.1, 0.15) is 149 Å². The molecule has 0 rings (SSSR count). The SMILES string of the molecule is C/C=C/CC/C=C/CCCC(O)C(O)C(CO)NC(=O)CCCCCCCCC/C=C\CCCCCCCC. The van der Waals surface area contributed by atoms with Crippen molar-refractivity contribution >= 4 is 5.91 Å². The van der Waals surface area contributed by atoms with E-state index < -0.39 is 18.2 Å². The molecule has 0 saturated carbocycles. The Bertz CT molecular complexity index is 616. The van der Waals surface area contributed by atoms with Crippen LogP contribution in [0, 0.1) is 0 Å². The van der Waals surface area contributed by atoms with Crippen molar-refractivity contribution in [1.29, 1.82) is 0 Å². The van der Waals surface area contributed by atoms with Crippen LogP contribution in [0.25, 0.3) is 0 Å². The maximum atomic E-state index is 12.3. The second-order valence-corrected chi connectivity index (χ2v) is 11.0. The van der Waals surface area contributed by atoms with Crippen molar-refractivity contribution in [3.8, 4) is 0 Å². The summed E-state index contributed by atoms with van der Waals surface area (Å²) in [5.41, 5.74) is 0. The van der Waals surface area contributed by atoms with Crippen molar-refractivity contribution in [3.63, 3.8) is 0 Å². The van der Waals surface area contributed by atoms with Crippen molar-refractivity contribution in [2.45, 2.75) is 167 Å². The average molecular weight is 550 g/mol. The van der Waals surface area contributed by atoms with Crippen molar-refractivity contribution in [2.24, 2.45) is 0 Å². The van der Waals surface area contributed by atoms with Crippen molar-refractivity contribution in [1.82, 2.24) is 5.32 Å². The first kappa shape index (κ1) is 37.6. The Balaban J connectivity index is 3.73. The molecule has 39 heavy (non-hydrogen) atoms. The molecule has 5 nitrogen and oxygen atoms in total. The highest BCUT2D eigenvalue weighted by Crippen LogP contribution is 2.13. The molecule has 3 atom stereocenters. The van der Waals surface area contributed by atoms with Crippen molar-refractivity contribution < 1.29 is 20.1 Å². The number of aliphatic hydroxyl groups is 3. The summed E-state index contributed by atoms with van der Waals surface area (Å²) in [4.78, 5) is 12.3. The van der Waals surface area contributed by atoms with E-state index in [0.29, 0.717) is 12.8 Å². The molecule has 0 aliphatic rings. The van der Waals surface area contributed by atoms with Gasteiger partial charge in [0.05, 0.1) is 18.8 Å². The Morgan fingerprint density at radius 1 is 0.667 bits per heavy atom. The first-order valence-corrected chi connectivity index (χ1v) is 16.2. The Morgan fingerprint density at radius 3 is 1.72 bits per heavy atom. The van der Waals surface area contributed by atoms with Crippen molar-refractivity contribution in [2.75, 3.05) is 6.61 Å². The van der Waals surface area contributed by atoms with E-state index in [0.717, 1.165) is 44.9 Å². The molecule has 0 aliphatic heterocycles. The lowest BCUT2D eigenvalue weighted by Crippen LogP contribution is -2.50. The lowest BCUT2D eigenvalue weighted by molar-refractivity contribution is -0.124. The predicted octanol–water partition coefficient (Wildman–Crippen LogP) is 8.09. The highest BCUT2D eigenvalue weighted by Gasteiger charge is 2.26. The van der Waals surface area contributed by atoms with Crippen LogP contribution in [0.4, 0.5) is 0 Å². The van der Waals surface area contributed by atoms with Crippen LogP contribution in [0.5, 0.6) is 0 Å². The molecule has 4 N–H and O–H groups in total. The van der Waals surface area contributed by atoms with Gasteiger partial charge in [-0.15, -0.1) is 0 Å². The minimum atomic E-state index is -1.16. The molecule has 0 fully saturated rings. The van der Waals surface area contributed by atoms with Gasteiger partial charge in [-0.2, -0.15) is 0 Å². The van der Waals surface area contributed by atoms with E-state index in [1.54, 1.807) is 0 Å². The molecule has 3 unspecified atom stereocenters. The number of hydrogen-bond acceptors (Lipinski definition) is 4. The number of aliphatic hydroxyl groups excluding tert-OH is 3. The minimum Gasteiger partial charge on any atom is -0.394 e. The van der Waals surface area contributed by atoms with Crippen LogP contribution < -0.4 is 5.32 Å². The van der Waals surface area contributed by atoms with E-state index in [-0.39, 0.29) is 12.5 Å². The molecule has 5 heteroatoms. The average Bonchev–Trinajstić information content (AvgIpc) is 2.94. The molecule has 0 aromatic rings. The number of carbonyl (C=O) groups excluding carboxylic acids is 1. The third-order valence-electron chi connectivity index (χ3n) is 7.29. The van der Waals surface area contributed by atoms with Gasteiger partial charge in [0, 0.05) is 6.42 Å². The van der Waals surface area contributed by atoms with E-state index in [2.05, 4.69) is 42.6 Å². The molecule has 0 aliphatic carbocycles. The molecule has 1 amide bonds. The second-order valence-electron chi connectivity index (χ2n) is 11.0. The van der Waals surface area contributed by atoms with Gasteiger partial charge in [-0.05, 0) is 71.1 Å². The van der Waals surface area contributed by atoms with Gasteiger partial charge in [0.15, 0.2) is 0 Å². The maximum Gasteiger partial charge on any atom is 0.220 e. The smallest absolute Gasteiger partial charge is 0.220 e. The van der Waals surface area contributed by atoms with E-state index in [9.17, 15) is 20.1 Å². The normalized spacial score (nSPS) is 14.5. The quantitative estimate of drug-likeness (QED) is 0.0586. The fraction of sp³-hybridized carbons (Fsp3) is 0.794. The lowest BCUT2D eigenvalue weighted by atomic mass is 10.0. The molecule has 0 aromatic heterocycles. The molecular formula is C34H63NO4. The van der Waals surface area contributed by atoms with Gasteiger partial charge in [-0.25, -0.2) is 0 Å². The van der Waals surface area contributed by atoms with E-state index >= 15 is 0 Å². The van der Waals surface area contributed by atoms with E-state index in [4.69, 9.17) is 0 Å². The Kier molecular flexibility index (Phi) is 28.5. The molecule has 0 heterocycles. The van der Waals surface area contributed by atoms with Gasteiger partial charge in [-0.1, -0.05) is 108 Å². The molecule has 0 bridgehead atoms. The molecule has 0 spiro atoms. The van der Waals surface area contributed by atoms with Crippen LogP contribution in [0.3, 0.4) is 0 Å². The third-order valence-corrected chi connectivity index (χ3v) is 7.29. The zero-order valence-corrected chi connectivity index (χ0v) is 25.5. The van der Waals surface area contributed by atoms with Gasteiger partial charge in [0.25, 0.3) is 0 Å². The summed E-state index contributed by atoms with van der Waals surface area (Å²) in [6.45, 7) is 3.89. The van der Waals surface area contributed by atoms with Crippen LogP contribution in [0.15, 0.2) is 36.5 Å². The molecular weight excluding hydrogens is 486 g/mol. The highest BCUT2D eigenvalue weighted by molar-refractivity contribution is 5.76. The zero-order chi connectivity index (χ0) is 28.8. The molecule has 0 saturated heterocycles. The summed E-state index contributed by atoms with van der Waals surface area (Å²) in [6.07, 6.45) is 34.0. The van der Waals surface area contributed by atoms with Gasteiger partial charge < -0.3 is 20.6 Å². The number of unbranched alkanes of at least 4 members (excludes halogenated alkanes) is 15. The minimum absolute atomic E-state index is 0.169. The maximum absolute atomic E-state index is 12.3. The second kappa shape index (κ2) is 29.6. The number of rotatable bonds is 28. The summed E-state index contributed by atoms with van der Waals surface area (Å²) >= 11 is 0. The van der Waals surface area contributed by atoms with Gasteiger partial charge in [0.1, 0.15) is 6.10 Å². The van der Waals surface area contributed by atoms with E-state index in [1.165, 1.54) is 77.0 Å². The van der Waals surface area contributed by atoms with Crippen LogP contribution in [-0.4, -0.2) is 46.1 Å². The standard InChI is InChI=1S/C34H63NO4/c1-3-5-7-9-11-13-14-15-16-17-18-19-20-21-23-25-27-29-33(38)35-31(30-36)34(39)32(37)28-26-24-22-12-10-8-6-4-2/h4,6,12,15-16,22,31-32,34,36-37,39H,3,5,7-11,13-14,17-21,23-30H2,1-2H3,(H,35,38)/b6-4+,16-15-,22-12+. The number of carbonyl (C=O) groups is 1. The van der Waals surface area contributed by atoms with Crippen LogP contribution in [0.2, 0.25) is 0 Å². The highest BCUT2D eigenvalue weighted by atomic mass is 16.3. The molecule has 0 radical (unpaired) electrons. The van der Waals surface area contributed by atoms with Gasteiger partial charge >= 0.3 is 0 Å². The summed E-state index contributed by atoms with van der Waals surface area (Å²) < 4.78 is 0. The van der Waals surface area contributed by atoms with Gasteiger partial charge in [-0.3, -0.25) is 4.79 Å². The number of hydrogen-bond donors (Lipinski definition) is 4. The lowest BCUT2D eigenvalue weighted by Gasteiger charge is -2.26. The van der Waals surface area contributed by atoms with Crippen LogP contribution in [-0.2, 0) is 4.79 Å². The fourth-order valence-electron chi connectivity index (χ4n) is 4.71. The molecule has 228 valence electrons. The van der Waals surface area contributed by atoms with Crippen LogP contribution >= 0.6 is 0 Å². The predicted molar refractivity (Wildman–Crippen MR) is 167 cm³/mol. The Hall–Kier alpha value is -1.43. The molecule has 0 aromatic carbocycles. The van der Waals surface area contributed by atoms with Gasteiger partial charge in [0.2, 0.25) is 5.91 Å². The zero-order valence-electron chi connectivity index (χ0n) is 25.5. The summed E-state index contributed by atoms with van der Waals surface area (Å²) in [5.74, 6) is -0.169. The Labute approximate surface area is 241 Å². The summed E-state index contributed by atoms with van der Waals surface area (Å²) in [5, 5.41) is 33.0. The summed E-state index contributed by atoms with van der Waals surface area (Å²) in [6, 6.07) is -0.830. The Morgan fingerprint density at radius 2 is 1.15 bits per heavy atom. The fourth-order valence-corrected chi connectivity index (χ4v) is 4.71. The third kappa shape index (κ3) is 25.3. The first-order valence-electron chi connectivity index (χ1n) is 16.2.